The van der Waals surface area contributed by atoms with Crippen LogP contribution in [0.5, 0.6) is 0 Å². The van der Waals surface area contributed by atoms with Crippen molar-refractivity contribution in [1.29, 1.82) is 0 Å². The van der Waals surface area contributed by atoms with Gasteiger partial charge in [0.25, 0.3) is 0 Å². The number of hydrogen-bond acceptors (Lipinski definition) is 3. The molecule has 1 aliphatic rings. The third-order valence-electron chi connectivity index (χ3n) is 3.63. The van der Waals surface area contributed by atoms with Crippen LogP contribution in [-0.2, 0) is 11.2 Å². The van der Waals surface area contributed by atoms with Crippen LogP contribution in [0.2, 0.25) is 0 Å². The van der Waals surface area contributed by atoms with Gasteiger partial charge in [0.05, 0.1) is 13.2 Å². The van der Waals surface area contributed by atoms with Crippen LogP contribution in [0, 0.1) is 0 Å². The van der Waals surface area contributed by atoms with Crippen LogP contribution in [0.4, 0.5) is 0 Å². The fourth-order valence-corrected chi connectivity index (χ4v) is 3.48. The maximum atomic E-state index is 5.48. The Morgan fingerprint density at radius 1 is 1.05 bits per heavy atom. The lowest BCUT2D eigenvalue weighted by Gasteiger charge is -2.34. The molecule has 1 aromatic heterocycles. The summed E-state index contributed by atoms with van der Waals surface area (Å²) in [6, 6.07) is 15.7. The largest absolute Gasteiger partial charge is 0.379 e. The molecule has 0 amide bonds. The standard InChI is InChI=1S/C16H19NOS/c1-2-5-14(6-3-1)13-15(16-7-4-12-19-16)17-8-10-18-11-9-17/h1-7,12,15H,8-11,13H2. The molecule has 2 aromatic rings. The van der Waals surface area contributed by atoms with Crippen LogP contribution < -0.4 is 0 Å². The molecule has 0 saturated carbocycles. The molecule has 1 atom stereocenters. The predicted molar refractivity (Wildman–Crippen MR) is 79.6 cm³/mol. The van der Waals surface area contributed by atoms with E-state index in [0.29, 0.717) is 6.04 Å². The Labute approximate surface area is 118 Å². The molecule has 2 heterocycles. The van der Waals surface area contributed by atoms with Gasteiger partial charge in [-0.1, -0.05) is 36.4 Å². The maximum absolute atomic E-state index is 5.48. The van der Waals surface area contributed by atoms with Crippen molar-refractivity contribution in [2.24, 2.45) is 0 Å². The Kier molecular flexibility index (Phi) is 4.28. The fourth-order valence-electron chi connectivity index (χ4n) is 2.62. The molecule has 0 bridgehead atoms. The topological polar surface area (TPSA) is 12.5 Å². The molecular formula is C16H19NOS. The van der Waals surface area contributed by atoms with Gasteiger partial charge in [-0.3, -0.25) is 4.90 Å². The summed E-state index contributed by atoms with van der Waals surface area (Å²) in [4.78, 5) is 4.02. The van der Waals surface area contributed by atoms with Crippen molar-refractivity contribution in [1.82, 2.24) is 4.90 Å². The zero-order valence-electron chi connectivity index (χ0n) is 11.0. The van der Waals surface area contributed by atoms with Crippen LogP contribution in [0.1, 0.15) is 16.5 Å². The Balaban J connectivity index is 1.80. The second kappa shape index (κ2) is 6.33. The molecule has 0 N–H and O–H groups in total. The number of morpholine rings is 1. The zero-order valence-corrected chi connectivity index (χ0v) is 11.8. The average molecular weight is 273 g/mol. The van der Waals surface area contributed by atoms with Gasteiger partial charge in [0.15, 0.2) is 0 Å². The number of benzene rings is 1. The summed E-state index contributed by atoms with van der Waals surface area (Å²) in [5.41, 5.74) is 1.41. The van der Waals surface area contributed by atoms with Crippen LogP contribution in [-0.4, -0.2) is 31.2 Å². The van der Waals surface area contributed by atoms with Crippen LogP contribution in [0.3, 0.4) is 0 Å². The summed E-state index contributed by atoms with van der Waals surface area (Å²) >= 11 is 1.86. The maximum Gasteiger partial charge on any atom is 0.0594 e. The molecule has 0 aliphatic carbocycles. The van der Waals surface area contributed by atoms with Gasteiger partial charge in [0, 0.05) is 24.0 Å². The van der Waals surface area contributed by atoms with Crippen molar-refractivity contribution in [2.75, 3.05) is 26.3 Å². The molecule has 0 spiro atoms. The SMILES string of the molecule is c1ccc(CC(c2cccs2)N2CCOCC2)cc1. The van der Waals surface area contributed by atoms with E-state index in [0.717, 1.165) is 32.7 Å². The summed E-state index contributed by atoms with van der Waals surface area (Å²) in [6.45, 7) is 3.79. The Morgan fingerprint density at radius 2 is 1.84 bits per heavy atom. The molecule has 0 radical (unpaired) electrons. The van der Waals surface area contributed by atoms with Crippen molar-refractivity contribution in [3.8, 4) is 0 Å². The highest BCUT2D eigenvalue weighted by Crippen LogP contribution is 2.29. The van der Waals surface area contributed by atoms with Crippen molar-refractivity contribution in [3.63, 3.8) is 0 Å². The summed E-state index contributed by atoms with van der Waals surface area (Å²) in [5, 5.41) is 2.17. The summed E-state index contributed by atoms with van der Waals surface area (Å²) < 4.78 is 5.48. The van der Waals surface area contributed by atoms with E-state index in [4.69, 9.17) is 4.74 Å². The van der Waals surface area contributed by atoms with Gasteiger partial charge in [0.1, 0.15) is 0 Å². The third kappa shape index (κ3) is 3.24. The molecule has 1 aromatic carbocycles. The van der Waals surface area contributed by atoms with Crippen molar-refractivity contribution >= 4 is 11.3 Å². The number of rotatable bonds is 4. The van der Waals surface area contributed by atoms with E-state index in [1.807, 2.05) is 11.3 Å². The molecule has 1 saturated heterocycles. The lowest BCUT2D eigenvalue weighted by Crippen LogP contribution is -2.39. The predicted octanol–water partition coefficient (Wildman–Crippen LogP) is 3.36. The number of ether oxygens (including phenoxy) is 1. The van der Waals surface area contributed by atoms with Crippen LogP contribution in [0.15, 0.2) is 47.8 Å². The van der Waals surface area contributed by atoms with E-state index in [2.05, 4.69) is 52.7 Å². The highest BCUT2D eigenvalue weighted by atomic mass is 32.1. The Bertz CT molecular complexity index is 477. The van der Waals surface area contributed by atoms with Gasteiger partial charge in [-0.2, -0.15) is 0 Å². The van der Waals surface area contributed by atoms with Gasteiger partial charge in [-0.25, -0.2) is 0 Å². The normalized spacial score (nSPS) is 18.3. The van der Waals surface area contributed by atoms with E-state index in [1.54, 1.807) is 0 Å². The monoisotopic (exact) mass is 273 g/mol. The number of nitrogens with zero attached hydrogens (tertiary/aromatic N) is 1. The lowest BCUT2D eigenvalue weighted by atomic mass is 10.0. The van der Waals surface area contributed by atoms with Gasteiger partial charge in [0.2, 0.25) is 0 Å². The van der Waals surface area contributed by atoms with Crippen molar-refractivity contribution in [2.45, 2.75) is 12.5 Å². The highest BCUT2D eigenvalue weighted by molar-refractivity contribution is 7.10. The lowest BCUT2D eigenvalue weighted by molar-refractivity contribution is 0.0168. The third-order valence-corrected chi connectivity index (χ3v) is 4.60. The molecule has 1 unspecified atom stereocenters. The molecule has 3 rings (SSSR count). The van der Waals surface area contributed by atoms with E-state index in [9.17, 15) is 0 Å². The van der Waals surface area contributed by atoms with Crippen molar-refractivity contribution < 1.29 is 4.74 Å². The van der Waals surface area contributed by atoms with E-state index < -0.39 is 0 Å². The highest BCUT2D eigenvalue weighted by Gasteiger charge is 2.23. The Hall–Kier alpha value is -1.16. The minimum atomic E-state index is 0.492. The van der Waals surface area contributed by atoms with Gasteiger partial charge < -0.3 is 4.74 Å². The second-order valence-electron chi connectivity index (χ2n) is 4.87. The molecular weight excluding hydrogens is 254 g/mol. The summed E-state index contributed by atoms with van der Waals surface area (Å²) in [6.07, 6.45) is 1.08. The second-order valence-corrected chi connectivity index (χ2v) is 5.85. The quantitative estimate of drug-likeness (QED) is 0.847. The number of hydrogen-bond donors (Lipinski definition) is 0. The summed E-state index contributed by atoms with van der Waals surface area (Å²) in [5.74, 6) is 0. The van der Waals surface area contributed by atoms with Crippen LogP contribution in [0.25, 0.3) is 0 Å². The Morgan fingerprint density at radius 3 is 2.53 bits per heavy atom. The van der Waals surface area contributed by atoms with Crippen LogP contribution >= 0.6 is 11.3 Å². The minimum Gasteiger partial charge on any atom is -0.379 e. The zero-order chi connectivity index (χ0) is 12.9. The van der Waals surface area contributed by atoms with Gasteiger partial charge in [-0.05, 0) is 23.4 Å². The van der Waals surface area contributed by atoms with E-state index >= 15 is 0 Å². The smallest absolute Gasteiger partial charge is 0.0594 e. The first-order valence-electron chi connectivity index (χ1n) is 6.82. The molecule has 1 fully saturated rings. The minimum absolute atomic E-state index is 0.492. The first kappa shape index (κ1) is 12.9. The first-order valence-corrected chi connectivity index (χ1v) is 7.70. The molecule has 2 nitrogen and oxygen atoms in total. The fraction of sp³-hybridized carbons (Fsp3) is 0.375. The first-order chi connectivity index (χ1) is 9.43. The average Bonchev–Trinajstić information content (AvgIpc) is 3.01. The van der Waals surface area contributed by atoms with E-state index in [-0.39, 0.29) is 0 Å². The van der Waals surface area contributed by atoms with E-state index in [1.165, 1.54) is 10.4 Å². The van der Waals surface area contributed by atoms with Gasteiger partial charge in [-0.15, -0.1) is 11.3 Å². The molecule has 100 valence electrons. The van der Waals surface area contributed by atoms with Gasteiger partial charge >= 0.3 is 0 Å². The molecule has 1 aliphatic heterocycles. The summed E-state index contributed by atoms with van der Waals surface area (Å²) in [7, 11) is 0. The number of thiophene rings is 1. The van der Waals surface area contributed by atoms with Crippen molar-refractivity contribution in [3.05, 3.63) is 58.3 Å². The molecule has 19 heavy (non-hydrogen) atoms. The molecule has 3 heteroatoms.